The number of rotatable bonds is 9. The number of nitrogens with two attached hydrogens (primary N) is 1. The Hall–Kier alpha value is -3.87. The van der Waals surface area contributed by atoms with Crippen LogP contribution in [-0.4, -0.2) is 41.5 Å². The smallest absolute Gasteiger partial charge is 0.253 e. The maximum atomic E-state index is 12.7. The molecule has 1 fully saturated rings. The molecular weight excluding hydrogens is 506 g/mol. The lowest BCUT2D eigenvalue weighted by Gasteiger charge is -2.32. The second kappa shape index (κ2) is 12.8. The van der Waals surface area contributed by atoms with Gasteiger partial charge in [0.1, 0.15) is 5.82 Å². The molecule has 0 radical (unpaired) electrons. The molecule has 4 aromatic rings. The average molecular weight is 540 g/mol. The average Bonchev–Trinajstić information content (AvgIpc) is 2.96. The number of amides is 1. The van der Waals surface area contributed by atoms with E-state index in [2.05, 4.69) is 44.8 Å². The van der Waals surface area contributed by atoms with Crippen LogP contribution in [-0.2, 0) is 13.0 Å². The number of nitrogen functional groups attached to an aromatic ring is 1. The van der Waals surface area contributed by atoms with E-state index in [0.29, 0.717) is 28.9 Å². The largest absolute Gasteiger partial charge is 0.398 e. The van der Waals surface area contributed by atoms with Crippen molar-refractivity contribution in [3.63, 3.8) is 0 Å². The van der Waals surface area contributed by atoms with Gasteiger partial charge in [0.25, 0.3) is 5.91 Å². The summed E-state index contributed by atoms with van der Waals surface area (Å²) in [6.45, 7) is 3.65. The molecule has 0 atom stereocenters. The van der Waals surface area contributed by atoms with Gasteiger partial charge in [0.05, 0.1) is 5.56 Å². The lowest BCUT2D eigenvalue weighted by Crippen LogP contribution is -2.38. The SMILES string of the molecule is Nc1cc(-c2ccc(Cl)cc2)ccc1C(=O)NCCc1ccc(CN2CCC(Nc3ccccn3)CC2)cc1. The number of aromatic nitrogens is 1. The summed E-state index contributed by atoms with van der Waals surface area (Å²) in [4.78, 5) is 19.6. The highest BCUT2D eigenvalue weighted by Crippen LogP contribution is 2.25. The highest BCUT2D eigenvalue weighted by molar-refractivity contribution is 6.30. The number of nitrogens with one attached hydrogen (secondary N) is 2. The minimum atomic E-state index is -0.160. The van der Waals surface area contributed by atoms with E-state index in [-0.39, 0.29) is 5.91 Å². The third-order valence-electron chi connectivity index (χ3n) is 7.21. The Morgan fingerprint density at radius 1 is 0.923 bits per heavy atom. The van der Waals surface area contributed by atoms with Crippen LogP contribution in [0.5, 0.6) is 0 Å². The Bertz CT molecular complexity index is 1370. The quantitative estimate of drug-likeness (QED) is 0.226. The second-order valence-electron chi connectivity index (χ2n) is 10.0. The summed E-state index contributed by atoms with van der Waals surface area (Å²) in [7, 11) is 0. The van der Waals surface area contributed by atoms with Crippen LogP contribution in [0.1, 0.15) is 34.3 Å². The third kappa shape index (κ3) is 7.37. The first kappa shape index (κ1) is 26.7. The lowest BCUT2D eigenvalue weighted by atomic mass is 10.0. The first-order valence-corrected chi connectivity index (χ1v) is 13.8. The molecule has 3 aromatic carbocycles. The van der Waals surface area contributed by atoms with Gasteiger partial charge in [0.2, 0.25) is 0 Å². The molecule has 0 aliphatic carbocycles. The molecule has 5 rings (SSSR count). The topological polar surface area (TPSA) is 83.3 Å². The van der Waals surface area contributed by atoms with Gasteiger partial charge in [-0.05, 0) is 77.9 Å². The van der Waals surface area contributed by atoms with Crippen molar-refractivity contribution in [1.82, 2.24) is 15.2 Å². The summed E-state index contributed by atoms with van der Waals surface area (Å²) in [6.07, 6.45) is 4.82. The Morgan fingerprint density at radius 3 is 2.33 bits per heavy atom. The minimum Gasteiger partial charge on any atom is -0.398 e. The molecule has 1 aromatic heterocycles. The summed E-state index contributed by atoms with van der Waals surface area (Å²) in [5.41, 5.74) is 11.6. The zero-order chi connectivity index (χ0) is 27.0. The molecule has 0 bridgehead atoms. The Balaban J connectivity index is 1.05. The van der Waals surface area contributed by atoms with Crippen molar-refractivity contribution in [2.24, 2.45) is 0 Å². The first-order chi connectivity index (χ1) is 19.0. The number of anilines is 2. The summed E-state index contributed by atoms with van der Waals surface area (Å²) < 4.78 is 0. The number of carbonyl (C=O) groups excluding carboxylic acids is 1. The predicted octanol–water partition coefficient (Wildman–Crippen LogP) is 6.03. The molecule has 200 valence electrons. The number of piperidine rings is 1. The van der Waals surface area contributed by atoms with E-state index < -0.39 is 0 Å². The zero-order valence-corrected chi connectivity index (χ0v) is 22.7. The molecule has 0 spiro atoms. The van der Waals surface area contributed by atoms with Crippen molar-refractivity contribution in [3.05, 3.63) is 113 Å². The zero-order valence-electron chi connectivity index (χ0n) is 21.9. The van der Waals surface area contributed by atoms with Crippen molar-refractivity contribution in [1.29, 1.82) is 0 Å². The summed E-state index contributed by atoms with van der Waals surface area (Å²) in [6, 6.07) is 28.2. The van der Waals surface area contributed by atoms with Crippen molar-refractivity contribution in [3.8, 4) is 11.1 Å². The molecule has 1 aliphatic rings. The van der Waals surface area contributed by atoms with E-state index in [1.165, 1.54) is 11.1 Å². The minimum absolute atomic E-state index is 0.160. The fraction of sp³-hybridized carbons (Fsp3) is 0.250. The molecule has 1 amide bonds. The Kier molecular flexibility index (Phi) is 8.76. The highest BCUT2D eigenvalue weighted by atomic mass is 35.5. The van der Waals surface area contributed by atoms with E-state index in [1.54, 1.807) is 6.07 Å². The molecule has 0 saturated carbocycles. The summed E-state index contributed by atoms with van der Waals surface area (Å²) in [5, 5.41) is 7.23. The van der Waals surface area contributed by atoms with Crippen molar-refractivity contribution in [2.45, 2.75) is 31.8 Å². The third-order valence-corrected chi connectivity index (χ3v) is 7.46. The fourth-order valence-corrected chi connectivity index (χ4v) is 5.10. The maximum absolute atomic E-state index is 12.7. The summed E-state index contributed by atoms with van der Waals surface area (Å²) >= 11 is 5.98. The summed E-state index contributed by atoms with van der Waals surface area (Å²) in [5.74, 6) is 0.797. The molecular formula is C32H34ClN5O. The van der Waals surface area contributed by atoms with Crippen LogP contribution in [0.25, 0.3) is 11.1 Å². The number of pyridine rings is 1. The van der Waals surface area contributed by atoms with Gasteiger partial charge >= 0.3 is 0 Å². The van der Waals surface area contributed by atoms with Gasteiger partial charge in [0.15, 0.2) is 0 Å². The van der Waals surface area contributed by atoms with E-state index >= 15 is 0 Å². The van der Waals surface area contributed by atoms with Crippen LogP contribution >= 0.6 is 11.6 Å². The first-order valence-electron chi connectivity index (χ1n) is 13.4. The molecule has 1 aliphatic heterocycles. The van der Waals surface area contributed by atoms with Crippen LogP contribution in [0.15, 0.2) is 91.1 Å². The van der Waals surface area contributed by atoms with Crippen molar-refractivity contribution < 1.29 is 4.79 Å². The Labute approximate surface area is 235 Å². The number of benzene rings is 3. The number of carbonyl (C=O) groups is 1. The fourth-order valence-electron chi connectivity index (χ4n) is 4.97. The molecule has 0 unspecified atom stereocenters. The van der Waals surface area contributed by atoms with Crippen LogP contribution < -0.4 is 16.4 Å². The standard InChI is InChI=1S/C32H34ClN5O/c33-27-11-8-25(9-12-27)26-10-13-29(30(34)21-26)32(39)36-18-14-23-4-6-24(7-5-23)22-38-19-15-28(16-20-38)37-31-3-1-2-17-35-31/h1-13,17,21,28H,14-16,18-20,22,34H2,(H,35,37)(H,36,39). The number of hydrogen-bond acceptors (Lipinski definition) is 5. The van der Waals surface area contributed by atoms with E-state index in [4.69, 9.17) is 17.3 Å². The maximum Gasteiger partial charge on any atom is 0.253 e. The molecule has 2 heterocycles. The monoisotopic (exact) mass is 539 g/mol. The Morgan fingerprint density at radius 2 is 1.64 bits per heavy atom. The van der Waals surface area contributed by atoms with Crippen LogP contribution in [0.2, 0.25) is 5.02 Å². The molecule has 4 N–H and O–H groups in total. The van der Waals surface area contributed by atoms with E-state index in [1.807, 2.05) is 60.8 Å². The van der Waals surface area contributed by atoms with Crippen molar-refractivity contribution in [2.75, 3.05) is 30.7 Å². The molecule has 7 heteroatoms. The van der Waals surface area contributed by atoms with Gasteiger partial charge in [-0.15, -0.1) is 0 Å². The van der Waals surface area contributed by atoms with Gasteiger partial charge in [-0.2, -0.15) is 0 Å². The molecule has 6 nitrogen and oxygen atoms in total. The van der Waals surface area contributed by atoms with Crippen LogP contribution in [0.3, 0.4) is 0 Å². The van der Waals surface area contributed by atoms with Crippen LogP contribution in [0, 0.1) is 0 Å². The highest BCUT2D eigenvalue weighted by Gasteiger charge is 2.19. The van der Waals surface area contributed by atoms with E-state index in [0.717, 1.165) is 55.8 Å². The molecule has 1 saturated heterocycles. The van der Waals surface area contributed by atoms with Gasteiger partial charge in [-0.25, -0.2) is 4.98 Å². The van der Waals surface area contributed by atoms with Crippen LogP contribution in [0.4, 0.5) is 11.5 Å². The number of halogens is 1. The molecule has 39 heavy (non-hydrogen) atoms. The predicted molar refractivity (Wildman–Crippen MR) is 160 cm³/mol. The number of hydrogen-bond donors (Lipinski definition) is 3. The normalized spacial score (nSPS) is 14.2. The van der Waals surface area contributed by atoms with Gasteiger partial charge < -0.3 is 16.4 Å². The second-order valence-corrected chi connectivity index (χ2v) is 10.5. The number of nitrogens with zero attached hydrogens (tertiary/aromatic N) is 2. The van der Waals surface area contributed by atoms with Gasteiger partial charge in [-0.3, -0.25) is 9.69 Å². The van der Waals surface area contributed by atoms with E-state index in [9.17, 15) is 4.79 Å². The van der Waals surface area contributed by atoms with Gasteiger partial charge in [-0.1, -0.05) is 60.1 Å². The number of likely N-dealkylation sites (tertiary alicyclic amines) is 1. The van der Waals surface area contributed by atoms with Gasteiger partial charge in [0, 0.05) is 49.1 Å². The lowest BCUT2D eigenvalue weighted by molar-refractivity contribution is 0.0955. The van der Waals surface area contributed by atoms with Crippen molar-refractivity contribution >= 4 is 29.0 Å².